The first-order chi connectivity index (χ1) is 11.3. The fraction of sp³-hybridized carbons (Fsp3) is 0.778. The molecule has 0 aliphatic carbocycles. The van der Waals surface area contributed by atoms with E-state index in [4.69, 9.17) is 9.47 Å². The van der Waals surface area contributed by atoms with Gasteiger partial charge in [-0.25, -0.2) is 9.59 Å². The monoisotopic (exact) mass is 337 g/mol. The summed E-state index contributed by atoms with van der Waals surface area (Å²) < 4.78 is 11.3. The van der Waals surface area contributed by atoms with Crippen molar-refractivity contribution >= 4 is 11.9 Å². The molecule has 134 valence electrons. The maximum atomic E-state index is 12.6. The molecule has 0 spiro atoms. The van der Waals surface area contributed by atoms with Gasteiger partial charge in [-0.05, 0) is 45.6 Å². The summed E-state index contributed by atoms with van der Waals surface area (Å²) in [5.41, 5.74) is -1.12. The number of carbonyl (C=O) groups is 2. The van der Waals surface area contributed by atoms with Crippen LogP contribution in [-0.2, 0) is 19.1 Å². The van der Waals surface area contributed by atoms with Crippen LogP contribution in [-0.4, -0.2) is 59.4 Å². The average molecular weight is 337 g/mol. The summed E-state index contributed by atoms with van der Waals surface area (Å²) in [5, 5.41) is 10.6. The summed E-state index contributed by atoms with van der Waals surface area (Å²) in [6.07, 6.45) is 3.59. The highest BCUT2D eigenvalue weighted by atomic mass is 16.6. The van der Waals surface area contributed by atoms with E-state index in [0.29, 0.717) is 5.57 Å². The van der Waals surface area contributed by atoms with Crippen molar-refractivity contribution in [2.45, 2.75) is 57.8 Å². The van der Waals surface area contributed by atoms with Crippen LogP contribution in [0.2, 0.25) is 0 Å². The van der Waals surface area contributed by atoms with Crippen molar-refractivity contribution in [3.05, 3.63) is 11.6 Å². The minimum atomic E-state index is -1.62. The van der Waals surface area contributed by atoms with Gasteiger partial charge in [-0.1, -0.05) is 13.0 Å². The summed E-state index contributed by atoms with van der Waals surface area (Å²) in [6, 6.07) is 0.113. The molecule has 0 amide bonds. The van der Waals surface area contributed by atoms with Gasteiger partial charge in [-0.3, -0.25) is 4.90 Å². The van der Waals surface area contributed by atoms with Crippen LogP contribution < -0.4 is 0 Å². The van der Waals surface area contributed by atoms with Gasteiger partial charge >= 0.3 is 11.9 Å². The Bertz CT molecular complexity index is 556. The Morgan fingerprint density at radius 2 is 2.00 bits per heavy atom. The molecule has 0 aromatic rings. The minimum Gasteiger partial charge on any atom is -0.463 e. The second-order valence-electron chi connectivity index (χ2n) is 7.47. The van der Waals surface area contributed by atoms with Gasteiger partial charge in [0.25, 0.3) is 0 Å². The van der Waals surface area contributed by atoms with E-state index in [2.05, 4.69) is 4.90 Å². The zero-order chi connectivity index (χ0) is 17.5. The van der Waals surface area contributed by atoms with E-state index in [0.717, 1.165) is 25.9 Å². The van der Waals surface area contributed by atoms with Gasteiger partial charge in [0.05, 0.1) is 12.6 Å². The van der Waals surface area contributed by atoms with E-state index in [1.165, 1.54) is 6.92 Å². The van der Waals surface area contributed by atoms with Crippen LogP contribution in [0.3, 0.4) is 0 Å². The normalized spacial score (nSPS) is 42.9. The van der Waals surface area contributed by atoms with Crippen LogP contribution in [0.15, 0.2) is 11.6 Å². The molecule has 3 heterocycles. The predicted molar refractivity (Wildman–Crippen MR) is 87.1 cm³/mol. The molecule has 3 aliphatic heterocycles. The first-order valence-electron chi connectivity index (χ1n) is 8.84. The fourth-order valence-electron chi connectivity index (χ4n) is 4.11. The van der Waals surface area contributed by atoms with Gasteiger partial charge in [0, 0.05) is 18.0 Å². The summed E-state index contributed by atoms with van der Waals surface area (Å²) in [4.78, 5) is 27.3. The molecule has 3 saturated heterocycles. The first-order valence-corrected chi connectivity index (χ1v) is 8.84. The summed E-state index contributed by atoms with van der Waals surface area (Å²) in [6.45, 7) is 7.11. The zero-order valence-corrected chi connectivity index (χ0v) is 14.7. The Balaban J connectivity index is 1.89. The number of allylic oxidation sites excluding steroid dienone is 1. The van der Waals surface area contributed by atoms with Crippen LogP contribution in [0, 0.1) is 11.8 Å². The van der Waals surface area contributed by atoms with E-state index in [1.807, 2.05) is 0 Å². The van der Waals surface area contributed by atoms with Crippen molar-refractivity contribution in [2.75, 3.05) is 19.7 Å². The first kappa shape index (κ1) is 17.4. The Kier molecular flexibility index (Phi) is 4.71. The van der Waals surface area contributed by atoms with Crippen molar-refractivity contribution in [3.8, 4) is 0 Å². The van der Waals surface area contributed by atoms with Crippen molar-refractivity contribution in [1.82, 2.24) is 4.90 Å². The van der Waals surface area contributed by atoms with Crippen molar-refractivity contribution in [2.24, 2.45) is 11.8 Å². The maximum Gasteiger partial charge on any atom is 0.338 e. The maximum absolute atomic E-state index is 12.6. The Morgan fingerprint density at radius 1 is 1.29 bits per heavy atom. The number of hydrogen-bond acceptors (Lipinski definition) is 6. The molecule has 24 heavy (non-hydrogen) atoms. The molecule has 0 radical (unpaired) electrons. The molecular formula is C18H27NO5. The van der Waals surface area contributed by atoms with Crippen molar-refractivity contribution in [1.29, 1.82) is 0 Å². The SMILES string of the molecule is C/C=C1/CC(C)[C@@](C)(O)C(=O)OC[C@H]2CCN3CC[C@@H](OC1=O)[C@H]23. The highest BCUT2D eigenvalue weighted by Gasteiger charge is 2.48. The lowest BCUT2D eigenvalue weighted by Gasteiger charge is -2.32. The number of nitrogens with zero attached hydrogens (tertiary/aromatic N) is 1. The average Bonchev–Trinajstić information content (AvgIpc) is 3.12. The highest BCUT2D eigenvalue weighted by molar-refractivity contribution is 5.89. The van der Waals surface area contributed by atoms with Gasteiger partial charge < -0.3 is 14.6 Å². The molecule has 0 saturated carbocycles. The quantitative estimate of drug-likeness (QED) is 0.530. The lowest BCUT2D eigenvalue weighted by molar-refractivity contribution is -0.172. The topological polar surface area (TPSA) is 76.1 Å². The third-order valence-electron chi connectivity index (χ3n) is 5.97. The van der Waals surface area contributed by atoms with Gasteiger partial charge in [0.15, 0.2) is 5.60 Å². The molecule has 1 unspecified atom stereocenters. The molecule has 3 rings (SSSR count). The molecular weight excluding hydrogens is 310 g/mol. The summed E-state index contributed by atoms with van der Waals surface area (Å²) >= 11 is 0. The second kappa shape index (κ2) is 6.48. The Labute approximate surface area is 142 Å². The van der Waals surface area contributed by atoms with Crippen LogP contribution in [0.5, 0.6) is 0 Å². The molecule has 1 N–H and O–H groups in total. The number of hydrogen-bond donors (Lipinski definition) is 1. The van der Waals surface area contributed by atoms with Crippen molar-refractivity contribution < 1.29 is 24.2 Å². The molecule has 3 fully saturated rings. The molecule has 0 aromatic heterocycles. The van der Waals surface area contributed by atoms with E-state index in [-0.39, 0.29) is 37.1 Å². The molecule has 0 bridgehead atoms. The third-order valence-corrected chi connectivity index (χ3v) is 5.97. The molecule has 0 aromatic carbocycles. The molecule has 6 heteroatoms. The van der Waals surface area contributed by atoms with Gasteiger partial charge in [-0.15, -0.1) is 0 Å². The lowest BCUT2D eigenvalue weighted by atomic mass is 9.85. The van der Waals surface area contributed by atoms with Crippen LogP contribution in [0.25, 0.3) is 0 Å². The fourth-order valence-corrected chi connectivity index (χ4v) is 4.11. The van der Waals surface area contributed by atoms with E-state index < -0.39 is 17.5 Å². The largest absolute Gasteiger partial charge is 0.463 e. The number of rotatable bonds is 0. The zero-order valence-electron chi connectivity index (χ0n) is 14.7. The molecule has 3 aliphatic rings. The summed E-state index contributed by atoms with van der Waals surface area (Å²) in [7, 11) is 0. The van der Waals surface area contributed by atoms with Gasteiger partial charge in [0.2, 0.25) is 0 Å². The highest BCUT2D eigenvalue weighted by Crippen LogP contribution is 2.36. The third kappa shape index (κ3) is 2.97. The summed E-state index contributed by atoms with van der Waals surface area (Å²) in [5.74, 6) is -1.23. The molecule has 5 atom stereocenters. The van der Waals surface area contributed by atoms with E-state index in [1.54, 1.807) is 19.9 Å². The van der Waals surface area contributed by atoms with Gasteiger partial charge in [0.1, 0.15) is 6.10 Å². The van der Waals surface area contributed by atoms with Crippen LogP contribution in [0.1, 0.15) is 40.0 Å². The number of cyclic esters (lactones) is 1. The van der Waals surface area contributed by atoms with E-state index >= 15 is 0 Å². The van der Waals surface area contributed by atoms with Gasteiger partial charge in [-0.2, -0.15) is 0 Å². The second-order valence-corrected chi connectivity index (χ2v) is 7.47. The van der Waals surface area contributed by atoms with Crippen molar-refractivity contribution in [3.63, 3.8) is 0 Å². The number of esters is 2. The minimum absolute atomic E-state index is 0.113. The smallest absolute Gasteiger partial charge is 0.338 e. The van der Waals surface area contributed by atoms with Crippen LogP contribution in [0.4, 0.5) is 0 Å². The number of ether oxygens (including phenoxy) is 2. The Morgan fingerprint density at radius 3 is 2.71 bits per heavy atom. The Hall–Kier alpha value is -1.40. The number of carbonyl (C=O) groups excluding carboxylic acids is 2. The van der Waals surface area contributed by atoms with Crippen LogP contribution >= 0.6 is 0 Å². The standard InChI is InChI=1S/C18H27NO5/c1-4-12-9-11(2)18(3,22)17(21)23-10-13-5-7-19-8-6-14(15(13)19)24-16(12)20/h4,11,13-15,22H,5-10H2,1-3H3/b12-4-/t11?,13-,14-,15+,18-/m1/s1. The molecule has 6 nitrogen and oxygen atoms in total. The van der Waals surface area contributed by atoms with E-state index in [9.17, 15) is 14.7 Å². The lowest BCUT2D eigenvalue weighted by Crippen LogP contribution is -2.46. The predicted octanol–water partition coefficient (Wildman–Crippen LogP) is 1.27. The number of aliphatic hydroxyl groups is 1.